The van der Waals surface area contributed by atoms with Crippen molar-refractivity contribution in [2.24, 2.45) is 5.92 Å². The van der Waals surface area contributed by atoms with Gasteiger partial charge in [0.2, 0.25) is 0 Å². The van der Waals surface area contributed by atoms with Gasteiger partial charge < -0.3 is 5.11 Å². The van der Waals surface area contributed by atoms with Crippen molar-refractivity contribution in [2.45, 2.75) is 39.2 Å². The van der Waals surface area contributed by atoms with Gasteiger partial charge in [-0.15, -0.1) is 0 Å². The minimum Gasteiger partial charge on any atom is -0.378 e. The monoisotopic (exact) mass is 234 g/mol. The molecule has 1 aromatic carbocycles. The van der Waals surface area contributed by atoms with Crippen LogP contribution in [0.1, 0.15) is 39.2 Å². The van der Waals surface area contributed by atoms with Crippen LogP contribution in [0.2, 0.25) is 0 Å². The van der Waals surface area contributed by atoms with E-state index < -0.39 is 5.60 Å². The van der Waals surface area contributed by atoms with Crippen molar-refractivity contribution in [3.63, 3.8) is 0 Å². The Hall–Kier alpha value is -1.33. The van der Waals surface area contributed by atoms with E-state index >= 15 is 0 Å². The second-order valence-corrected chi connectivity index (χ2v) is 4.75. The lowest BCUT2D eigenvalue weighted by Gasteiger charge is -2.20. The van der Waals surface area contributed by atoms with Gasteiger partial charge in [-0.2, -0.15) is 0 Å². The Labute approximate surface area is 103 Å². The van der Waals surface area contributed by atoms with Crippen LogP contribution in [0, 0.1) is 23.6 Å². The van der Waals surface area contributed by atoms with Gasteiger partial charge in [0, 0.05) is 5.56 Å². The molecule has 0 fully saturated rings. The molecule has 92 valence electrons. The predicted molar refractivity (Wildman–Crippen MR) is 68.0 cm³/mol. The van der Waals surface area contributed by atoms with Gasteiger partial charge >= 0.3 is 0 Å². The van der Waals surface area contributed by atoms with E-state index in [2.05, 4.69) is 25.7 Å². The fourth-order valence-electron chi connectivity index (χ4n) is 1.61. The van der Waals surface area contributed by atoms with Crippen molar-refractivity contribution in [2.75, 3.05) is 0 Å². The maximum atomic E-state index is 12.7. The molecular weight excluding hydrogens is 215 g/mol. The molecule has 0 saturated carbocycles. The van der Waals surface area contributed by atoms with Gasteiger partial charge in [-0.3, -0.25) is 0 Å². The third-order valence-electron chi connectivity index (χ3n) is 2.76. The Morgan fingerprint density at radius 2 is 1.94 bits per heavy atom. The van der Waals surface area contributed by atoms with Crippen molar-refractivity contribution >= 4 is 0 Å². The van der Waals surface area contributed by atoms with Crippen LogP contribution in [0.4, 0.5) is 4.39 Å². The summed E-state index contributed by atoms with van der Waals surface area (Å²) in [7, 11) is 0. The van der Waals surface area contributed by atoms with Gasteiger partial charge in [0.15, 0.2) is 0 Å². The second-order valence-electron chi connectivity index (χ2n) is 4.75. The molecule has 0 amide bonds. The largest absolute Gasteiger partial charge is 0.378 e. The van der Waals surface area contributed by atoms with Crippen molar-refractivity contribution in [1.29, 1.82) is 0 Å². The highest BCUT2D eigenvalue weighted by atomic mass is 19.1. The molecule has 1 aromatic rings. The van der Waals surface area contributed by atoms with E-state index in [4.69, 9.17) is 0 Å². The van der Waals surface area contributed by atoms with Crippen LogP contribution in [0.15, 0.2) is 24.3 Å². The first-order valence-corrected chi connectivity index (χ1v) is 5.94. The molecule has 2 heteroatoms. The van der Waals surface area contributed by atoms with Gasteiger partial charge in [0.1, 0.15) is 11.4 Å². The summed E-state index contributed by atoms with van der Waals surface area (Å²) in [4.78, 5) is 0. The molecule has 1 N–H and O–H groups in total. The SMILES string of the molecule is CCC(C)CC(C)(O)C#Cc1ccc(F)cc1. The molecular formula is C15H19FO. The second kappa shape index (κ2) is 5.84. The summed E-state index contributed by atoms with van der Waals surface area (Å²) in [5.74, 6) is 5.88. The van der Waals surface area contributed by atoms with Crippen LogP contribution in [0.5, 0.6) is 0 Å². The highest BCUT2D eigenvalue weighted by molar-refractivity contribution is 5.36. The smallest absolute Gasteiger partial charge is 0.123 e. The Morgan fingerprint density at radius 1 is 1.35 bits per heavy atom. The summed E-state index contributed by atoms with van der Waals surface area (Å²) in [6.45, 7) is 5.90. The summed E-state index contributed by atoms with van der Waals surface area (Å²) in [6.07, 6.45) is 1.67. The van der Waals surface area contributed by atoms with E-state index in [1.54, 1.807) is 19.1 Å². The molecule has 0 heterocycles. The molecule has 1 nitrogen and oxygen atoms in total. The number of hydrogen-bond donors (Lipinski definition) is 1. The predicted octanol–water partition coefficient (Wildman–Crippen LogP) is 3.36. The van der Waals surface area contributed by atoms with E-state index in [0.29, 0.717) is 12.3 Å². The fourth-order valence-corrected chi connectivity index (χ4v) is 1.61. The molecule has 0 radical (unpaired) electrons. The molecule has 0 aromatic heterocycles. The average Bonchev–Trinajstić information content (AvgIpc) is 2.28. The van der Waals surface area contributed by atoms with Crippen LogP contribution < -0.4 is 0 Å². The van der Waals surface area contributed by atoms with Crippen LogP contribution in [0.25, 0.3) is 0 Å². The minimum atomic E-state index is -0.982. The Morgan fingerprint density at radius 3 is 2.47 bits per heavy atom. The van der Waals surface area contributed by atoms with Crippen molar-refractivity contribution in [3.05, 3.63) is 35.6 Å². The maximum Gasteiger partial charge on any atom is 0.123 e. The van der Waals surface area contributed by atoms with Crippen LogP contribution >= 0.6 is 0 Å². The summed E-state index contributed by atoms with van der Waals surface area (Å²) >= 11 is 0. The molecule has 0 aliphatic heterocycles. The van der Waals surface area contributed by atoms with Crippen LogP contribution in [-0.4, -0.2) is 10.7 Å². The van der Waals surface area contributed by atoms with Gasteiger partial charge in [-0.05, 0) is 43.5 Å². The number of rotatable bonds is 3. The van der Waals surface area contributed by atoms with Crippen LogP contribution in [-0.2, 0) is 0 Å². The first kappa shape index (κ1) is 13.7. The lowest BCUT2D eigenvalue weighted by atomic mass is 9.92. The zero-order valence-corrected chi connectivity index (χ0v) is 10.6. The lowest BCUT2D eigenvalue weighted by molar-refractivity contribution is 0.0939. The van der Waals surface area contributed by atoms with Crippen molar-refractivity contribution in [1.82, 2.24) is 0 Å². The molecule has 0 aliphatic carbocycles. The third kappa shape index (κ3) is 5.01. The van der Waals surface area contributed by atoms with Gasteiger partial charge in [-0.1, -0.05) is 32.1 Å². The van der Waals surface area contributed by atoms with Gasteiger partial charge in [0.25, 0.3) is 0 Å². The molecule has 0 saturated heterocycles. The van der Waals surface area contributed by atoms with E-state index in [1.807, 2.05) is 0 Å². The summed E-state index contributed by atoms with van der Waals surface area (Å²) < 4.78 is 12.7. The normalized spacial score (nSPS) is 15.6. The molecule has 1 rings (SSSR count). The topological polar surface area (TPSA) is 20.2 Å². The zero-order valence-electron chi connectivity index (χ0n) is 10.6. The summed E-state index contributed by atoms with van der Waals surface area (Å²) in [6, 6.07) is 5.96. The Kier molecular flexibility index (Phi) is 4.72. The number of aliphatic hydroxyl groups is 1. The fraction of sp³-hybridized carbons (Fsp3) is 0.467. The third-order valence-corrected chi connectivity index (χ3v) is 2.76. The molecule has 2 unspecified atom stereocenters. The van der Waals surface area contributed by atoms with Crippen LogP contribution in [0.3, 0.4) is 0 Å². The molecule has 17 heavy (non-hydrogen) atoms. The zero-order chi connectivity index (χ0) is 12.9. The first-order chi connectivity index (χ1) is 7.93. The highest BCUT2D eigenvalue weighted by Crippen LogP contribution is 2.18. The van der Waals surface area contributed by atoms with Gasteiger partial charge in [-0.25, -0.2) is 4.39 Å². The van der Waals surface area contributed by atoms with E-state index in [-0.39, 0.29) is 5.82 Å². The maximum absolute atomic E-state index is 12.7. The van der Waals surface area contributed by atoms with E-state index in [1.165, 1.54) is 12.1 Å². The Bertz CT molecular complexity index is 409. The molecule has 0 aliphatic rings. The molecule has 0 bridgehead atoms. The Balaban J connectivity index is 2.73. The number of hydrogen-bond acceptors (Lipinski definition) is 1. The highest BCUT2D eigenvalue weighted by Gasteiger charge is 2.19. The van der Waals surface area contributed by atoms with E-state index in [0.717, 1.165) is 12.0 Å². The first-order valence-electron chi connectivity index (χ1n) is 5.94. The van der Waals surface area contributed by atoms with E-state index in [9.17, 15) is 9.50 Å². The number of halogens is 1. The summed E-state index contributed by atoms with van der Waals surface area (Å²) in [5, 5.41) is 10.1. The summed E-state index contributed by atoms with van der Waals surface area (Å²) in [5.41, 5.74) is -0.264. The minimum absolute atomic E-state index is 0.276. The molecule has 2 atom stereocenters. The van der Waals surface area contributed by atoms with Gasteiger partial charge in [0.05, 0.1) is 0 Å². The lowest BCUT2D eigenvalue weighted by Crippen LogP contribution is -2.24. The van der Waals surface area contributed by atoms with Crippen molar-refractivity contribution < 1.29 is 9.50 Å². The molecule has 0 spiro atoms. The average molecular weight is 234 g/mol. The standard InChI is InChI=1S/C15H19FO/c1-4-12(2)11-15(3,17)10-9-13-5-7-14(16)8-6-13/h5-8,12,17H,4,11H2,1-3H3. The number of benzene rings is 1. The quantitative estimate of drug-likeness (QED) is 0.795. The van der Waals surface area contributed by atoms with Crippen molar-refractivity contribution in [3.8, 4) is 11.8 Å².